The fourth-order valence-corrected chi connectivity index (χ4v) is 1.35. The summed E-state index contributed by atoms with van der Waals surface area (Å²) >= 11 is 1.06. The molecule has 1 aliphatic heterocycles. The van der Waals surface area contributed by atoms with Gasteiger partial charge in [-0.15, -0.1) is 11.8 Å². The molecule has 0 atom stereocenters. The van der Waals surface area contributed by atoms with Crippen molar-refractivity contribution in [1.29, 1.82) is 5.26 Å². The summed E-state index contributed by atoms with van der Waals surface area (Å²) in [5.41, 5.74) is -0.118. The number of nitriles is 1. The normalized spacial score (nSPS) is 16.1. The molecule has 1 heterocycles. The lowest BCUT2D eigenvalue weighted by atomic mass is 10.5. The van der Waals surface area contributed by atoms with Crippen molar-refractivity contribution in [2.75, 3.05) is 5.88 Å². The van der Waals surface area contributed by atoms with E-state index in [1.807, 2.05) is 0 Å². The van der Waals surface area contributed by atoms with Crippen molar-refractivity contribution in [3.05, 3.63) is 11.1 Å². The van der Waals surface area contributed by atoms with E-state index in [2.05, 4.69) is 4.84 Å². The molecule has 8 heteroatoms. The Morgan fingerprint density at radius 1 is 1.71 bits per heavy atom. The number of hydroxylamine groups is 2. The number of alkyl halides is 3. The maximum Gasteiger partial charge on any atom is 0.493 e. The van der Waals surface area contributed by atoms with Crippen LogP contribution in [0.3, 0.4) is 0 Å². The summed E-state index contributed by atoms with van der Waals surface area (Å²) in [6.07, 6.45) is -5.05. The van der Waals surface area contributed by atoms with E-state index >= 15 is 0 Å². The maximum atomic E-state index is 11.7. The highest BCUT2D eigenvalue weighted by Gasteiger charge is 2.43. The number of nitrogens with zero attached hydrogens (tertiary/aromatic N) is 2. The summed E-state index contributed by atoms with van der Waals surface area (Å²) in [7, 11) is 0. The van der Waals surface area contributed by atoms with E-state index in [9.17, 15) is 18.0 Å². The monoisotopic (exact) mass is 224 g/mol. The third kappa shape index (κ3) is 2.32. The molecule has 0 bridgehead atoms. The molecule has 76 valence electrons. The first-order chi connectivity index (χ1) is 6.45. The minimum Gasteiger partial charge on any atom is -0.331 e. The number of rotatable bonds is 1. The SMILES string of the molecule is N#CC1=CSCN1OC(=O)C(F)(F)F. The molecule has 0 amide bonds. The van der Waals surface area contributed by atoms with Gasteiger partial charge in [-0.25, -0.2) is 4.79 Å². The van der Waals surface area contributed by atoms with Crippen molar-refractivity contribution >= 4 is 17.7 Å². The van der Waals surface area contributed by atoms with Crippen molar-refractivity contribution in [3.63, 3.8) is 0 Å². The number of hydrogen-bond acceptors (Lipinski definition) is 5. The zero-order valence-electron chi connectivity index (χ0n) is 6.54. The zero-order valence-corrected chi connectivity index (χ0v) is 7.35. The average Bonchev–Trinajstić information content (AvgIpc) is 2.50. The summed E-state index contributed by atoms with van der Waals surface area (Å²) in [5, 5.41) is 10.3. The lowest BCUT2D eigenvalue weighted by Gasteiger charge is -2.16. The van der Waals surface area contributed by atoms with Crippen LogP contribution in [0.25, 0.3) is 0 Å². The molecule has 0 aromatic carbocycles. The Bertz CT molecular complexity index is 320. The molecule has 0 spiro atoms. The fourth-order valence-electron chi connectivity index (χ4n) is 0.622. The number of hydrogen-bond donors (Lipinski definition) is 0. The molecule has 0 aliphatic carbocycles. The smallest absolute Gasteiger partial charge is 0.331 e. The van der Waals surface area contributed by atoms with E-state index in [0.717, 1.165) is 11.8 Å². The largest absolute Gasteiger partial charge is 0.493 e. The average molecular weight is 224 g/mol. The van der Waals surface area contributed by atoms with Crippen molar-refractivity contribution in [1.82, 2.24) is 5.06 Å². The van der Waals surface area contributed by atoms with Crippen molar-refractivity contribution in [2.24, 2.45) is 0 Å². The predicted molar refractivity (Wildman–Crippen MR) is 40.1 cm³/mol. The van der Waals surface area contributed by atoms with Crippen molar-refractivity contribution in [3.8, 4) is 6.07 Å². The molecule has 0 unspecified atom stereocenters. The summed E-state index contributed by atoms with van der Waals surface area (Å²) in [4.78, 5) is 14.3. The lowest BCUT2D eigenvalue weighted by molar-refractivity contribution is -0.228. The van der Waals surface area contributed by atoms with Crippen LogP contribution in [0.5, 0.6) is 0 Å². The van der Waals surface area contributed by atoms with Gasteiger partial charge >= 0.3 is 12.1 Å². The van der Waals surface area contributed by atoms with Crippen molar-refractivity contribution in [2.45, 2.75) is 6.18 Å². The summed E-state index contributed by atoms with van der Waals surface area (Å²) < 4.78 is 35.2. The molecule has 0 aromatic heterocycles. The molecule has 14 heavy (non-hydrogen) atoms. The van der Waals surface area contributed by atoms with Crippen LogP contribution in [0.4, 0.5) is 13.2 Å². The minimum absolute atomic E-state index is 0.00921. The first kappa shape index (κ1) is 10.7. The molecule has 4 nitrogen and oxygen atoms in total. The molecule has 0 saturated carbocycles. The van der Waals surface area contributed by atoms with Crippen LogP contribution < -0.4 is 0 Å². The van der Waals surface area contributed by atoms with Crippen molar-refractivity contribution < 1.29 is 22.8 Å². The van der Waals surface area contributed by atoms with Gasteiger partial charge in [-0.1, -0.05) is 0 Å². The Morgan fingerprint density at radius 2 is 2.36 bits per heavy atom. The lowest BCUT2D eigenvalue weighted by Crippen LogP contribution is -2.32. The van der Waals surface area contributed by atoms with Gasteiger partial charge in [-0.3, -0.25) is 0 Å². The summed E-state index contributed by atoms with van der Waals surface area (Å²) in [5.74, 6) is -2.34. The van der Waals surface area contributed by atoms with Gasteiger partial charge in [0.15, 0.2) is 5.70 Å². The Kier molecular flexibility index (Phi) is 2.90. The molecule has 1 rings (SSSR count). The predicted octanol–water partition coefficient (Wildman–Crippen LogP) is 1.38. The number of allylic oxidation sites excluding steroid dienone is 1. The van der Waals surface area contributed by atoms with Gasteiger partial charge in [0, 0.05) is 5.41 Å². The zero-order chi connectivity index (χ0) is 10.8. The van der Waals surface area contributed by atoms with Gasteiger partial charge in [-0.05, 0) is 0 Å². The van der Waals surface area contributed by atoms with E-state index in [0.29, 0.717) is 5.06 Å². The van der Waals surface area contributed by atoms with Gasteiger partial charge in [-0.2, -0.15) is 23.5 Å². The highest BCUT2D eigenvalue weighted by atomic mass is 32.2. The molecule has 0 radical (unpaired) electrons. The number of carbonyl (C=O) groups excluding carboxylic acids is 1. The third-order valence-electron chi connectivity index (χ3n) is 1.19. The highest BCUT2D eigenvalue weighted by Crippen LogP contribution is 2.25. The van der Waals surface area contributed by atoms with Crippen LogP contribution in [-0.2, 0) is 9.63 Å². The Labute approximate surface area is 80.9 Å². The highest BCUT2D eigenvalue weighted by molar-refractivity contribution is 8.02. The molecule has 0 saturated heterocycles. The Hall–Kier alpha value is -1.36. The number of halogens is 3. The van der Waals surface area contributed by atoms with E-state index in [-0.39, 0.29) is 11.6 Å². The molecular formula is C6H3F3N2O2S. The maximum absolute atomic E-state index is 11.7. The van der Waals surface area contributed by atoms with Gasteiger partial charge in [0.1, 0.15) is 11.9 Å². The van der Waals surface area contributed by atoms with Crippen LogP contribution in [0.2, 0.25) is 0 Å². The van der Waals surface area contributed by atoms with Crippen LogP contribution in [-0.4, -0.2) is 23.1 Å². The standard InChI is InChI=1S/C6H3F3N2O2S/c7-6(8,9)5(12)13-11-3-14-2-4(11)1-10/h2H,3H2. The fraction of sp³-hybridized carbons (Fsp3) is 0.333. The van der Waals surface area contributed by atoms with E-state index in [1.54, 1.807) is 6.07 Å². The first-order valence-corrected chi connectivity index (χ1v) is 4.28. The van der Waals surface area contributed by atoms with Gasteiger partial charge < -0.3 is 4.84 Å². The second-order valence-electron chi connectivity index (χ2n) is 2.17. The van der Waals surface area contributed by atoms with Gasteiger partial charge in [0.2, 0.25) is 0 Å². The van der Waals surface area contributed by atoms with E-state index in [4.69, 9.17) is 5.26 Å². The van der Waals surface area contributed by atoms with Crippen LogP contribution in [0, 0.1) is 11.3 Å². The van der Waals surface area contributed by atoms with Gasteiger partial charge in [0.05, 0.1) is 0 Å². The second-order valence-corrected chi connectivity index (χ2v) is 2.99. The van der Waals surface area contributed by atoms with E-state index in [1.165, 1.54) is 5.41 Å². The second kappa shape index (κ2) is 3.79. The van der Waals surface area contributed by atoms with Gasteiger partial charge in [0.25, 0.3) is 0 Å². The molecule has 0 fully saturated rings. The summed E-state index contributed by atoms with van der Waals surface area (Å²) in [6.45, 7) is 0. The van der Waals surface area contributed by atoms with Crippen LogP contribution in [0.1, 0.15) is 0 Å². The minimum atomic E-state index is -5.05. The number of carbonyl (C=O) groups is 1. The molecule has 0 aromatic rings. The Balaban J connectivity index is 2.59. The van der Waals surface area contributed by atoms with Crippen LogP contribution >= 0.6 is 11.8 Å². The van der Waals surface area contributed by atoms with E-state index < -0.39 is 12.1 Å². The Morgan fingerprint density at radius 3 is 2.86 bits per heavy atom. The third-order valence-corrected chi connectivity index (χ3v) is 1.97. The number of thioether (sulfide) groups is 1. The summed E-state index contributed by atoms with van der Waals surface area (Å²) in [6, 6.07) is 1.59. The quantitative estimate of drug-likeness (QED) is 0.673. The molecule has 1 aliphatic rings. The molecule has 0 N–H and O–H groups in total. The first-order valence-electron chi connectivity index (χ1n) is 3.23. The topological polar surface area (TPSA) is 53.3 Å². The van der Waals surface area contributed by atoms with Crippen LogP contribution in [0.15, 0.2) is 11.1 Å². The molecular weight excluding hydrogens is 221 g/mol.